The Bertz CT molecular complexity index is 645. The van der Waals surface area contributed by atoms with Gasteiger partial charge in [-0.2, -0.15) is 10.5 Å². The molecule has 1 aromatic rings. The molecule has 0 saturated carbocycles. The van der Waals surface area contributed by atoms with Gasteiger partial charge < -0.3 is 9.47 Å². The van der Waals surface area contributed by atoms with E-state index in [1.807, 2.05) is 12.1 Å². The van der Waals surface area contributed by atoms with Gasteiger partial charge in [0.2, 0.25) is 0 Å². The molecule has 0 aliphatic carbocycles. The minimum absolute atomic E-state index is 0.0361. The van der Waals surface area contributed by atoms with E-state index in [0.717, 1.165) is 6.07 Å². The van der Waals surface area contributed by atoms with E-state index in [-0.39, 0.29) is 36.6 Å². The molecule has 0 fully saturated rings. The van der Waals surface area contributed by atoms with E-state index in [1.54, 1.807) is 0 Å². The second-order valence-electron chi connectivity index (χ2n) is 4.45. The van der Waals surface area contributed by atoms with Crippen molar-refractivity contribution in [1.29, 1.82) is 10.5 Å². The lowest BCUT2D eigenvalue weighted by Gasteiger charge is -2.08. The number of unbranched alkanes of at least 4 members (excludes halogenated alkanes) is 2. The summed E-state index contributed by atoms with van der Waals surface area (Å²) in [5, 5.41) is 27.9. The number of hydrogen-bond acceptors (Lipinski definition) is 7. The van der Waals surface area contributed by atoms with Crippen LogP contribution in [0.15, 0.2) is 18.2 Å². The highest BCUT2D eigenvalue weighted by Gasteiger charge is 2.19. The van der Waals surface area contributed by atoms with Crippen LogP contribution in [0.4, 0.5) is 5.69 Å². The third kappa shape index (κ3) is 6.02. The first-order chi connectivity index (χ1) is 11.1. The average Bonchev–Trinajstić information content (AvgIpc) is 2.55. The van der Waals surface area contributed by atoms with Crippen molar-refractivity contribution in [1.82, 2.24) is 0 Å². The number of carbonyl (C=O) groups is 1. The van der Waals surface area contributed by atoms with Gasteiger partial charge in [0.1, 0.15) is 0 Å². The fourth-order valence-corrected chi connectivity index (χ4v) is 1.64. The Morgan fingerprint density at radius 1 is 1.17 bits per heavy atom. The van der Waals surface area contributed by atoms with Gasteiger partial charge in [-0.3, -0.25) is 10.1 Å². The SMILES string of the molecule is N#CCCCOC(=O)c1ccc(OCCCC#N)c([N+](=O)[O-])c1. The number of ether oxygens (including phenoxy) is 2. The number of nitro benzene ring substituents is 1. The highest BCUT2D eigenvalue weighted by Crippen LogP contribution is 2.28. The summed E-state index contributed by atoms with van der Waals surface area (Å²) < 4.78 is 10.2. The van der Waals surface area contributed by atoms with E-state index in [4.69, 9.17) is 20.0 Å². The third-order valence-corrected chi connectivity index (χ3v) is 2.75. The predicted molar refractivity (Wildman–Crippen MR) is 78.6 cm³/mol. The molecule has 0 bridgehead atoms. The molecule has 0 heterocycles. The number of hydrogen-bond donors (Lipinski definition) is 0. The smallest absolute Gasteiger partial charge is 0.338 e. The first-order valence-electron chi connectivity index (χ1n) is 6.92. The normalized spacial score (nSPS) is 9.48. The second kappa shape index (κ2) is 9.74. The topological polar surface area (TPSA) is 126 Å². The van der Waals surface area contributed by atoms with Crippen molar-refractivity contribution in [3.63, 3.8) is 0 Å². The monoisotopic (exact) mass is 317 g/mol. The Morgan fingerprint density at radius 2 is 1.83 bits per heavy atom. The summed E-state index contributed by atoms with van der Waals surface area (Å²) in [6.07, 6.45) is 1.42. The molecule has 0 aliphatic rings. The molecule has 8 heteroatoms. The maximum atomic E-state index is 11.8. The molecule has 1 aromatic carbocycles. The van der Waals surface area contributed by atoms with Gasteiger partial charge in [0.15, 0.2) is 5.75 Å². The van der Waals surface area contributed by atoms with Crippen molar-refractivity contribution in [2.24, 2.45) is 0 Å². The number of carbonyl (C=O) groups excluding carboxylic acids is 1. The Labute approximate surface area is 133 Å². The fraction of sp³-hybridized carbons (Fsp3) is 0.400. The minimum atomic E-state index is -0.693. The summed E-state index contributed by atoms with van der Waals surface area (Å²) in [7, 11) is 0. The van der Waals surface area contributed by atoms with Gasteiger partial charge in [0, 0.05) is 18.9 Å². The zero-order chi connectivity index (χ0) is 17.1. The molecule has 0 aromatic heterocycles. The van der Waals surface area contributed by atoms with Gasteiger partial charge in [-0.05, 0) is 25.0 Å². The van der Waals surface area contributed by atoms with Gasteiger partial charge >= 0.3 is 11.7 Å². The number of rotatable bonds is 9. The van der Waals surface area contributed by atoms with Crippen molar-refractivity contribution in [2.75, 3.05) is 13.2 Å². The van der Waals surface area contributed by atoms with Crippen LogP contribution < -0.4 is 4.74 Å². The van der Waals surface area contributed by atoms with Gasteiger partial charge in [0.05, 0.1) is 35.8 Å². The molecular weight excluding hydrogens is 302 g/mol. The first-order valence-corrected chi connectivity index (χ1v) is 6.92. The lowest BCUT2D eigenvalue weighted by Crippen LogP contribution is -2.08. The summed E-state index contributed by atoms with van der Waals surface area (Å²) in [6, 6.07) is 7.67. The molecule has 0 N–H and O–H groups in total. The van der Waals surface area contributed by atoms with E-state index < -0.39 is 10.9 Å². The average molecular weight is 317 g/mol. The van der Waals surface area contributed by atoms with E-state index >= 15 is 0 Å². The van der Waals surface area contributed by atoms with Crippen molar-refractivity contribution in [3.05, 3.63) is 33.9 Å². The van der Waals surface area contributed by atoms with Crippen LogP contribution >= 0.6 is 0 Å². The number of benzene rings is 1. The van der Waals surface area contributed by atoms with Gasteiger partial charge in [-0.1, -0.05) is 0 Å². The highest BCUT2D eigenvalue weighted by atomic mass is 16.6. The summed E-state index contributed by atoms with van der Waals surface area (Å²) in [6.45, 7) is 0.249. The Hall–Kier alpha value is -3.13. The summed E-state index contributed by atoms with van der Waals surface area (Å²) in [5.74, 6) is -0.656. The molecule has 8 nitrogen and oxygen atoms in total. The van der Waals surface area contributed by atoms with Crippen molar-refractivity contribution in [3.8, 4) is 17.9 Å². The van der Waals surface area contributed by atoms with Crippen molar-refractivity contribution in [2.45, 2.75) is 25.7 Å². The molecule has 0 atom stereocenters. The van der Waals surface area contributed by atoms with Crippen LogP contribution in [0, 0.1) is 32.8 Å². The zero-order valence-corrected chi connectivity index (χ0v) is 12.4. The number of nitriles is 2. The van der Waals surface area contributed by atoms with Crippen LogP contribution in [0.25, 0.3) is 0 Å². The molecule has 0 aliphatic heterocycles. The van der Waals surface area contributed by atoms with Crippen molar-refractivity contribution < 1.29 is 19.2 Å². The lowest BCUT2D eigenvalue weighted by atomic mass is 10.2. The number of nitro groups is 1. The van der Waals surface area contributed by atoms with Crippen LogP contribution in [0.1, 0.15) is 36.0 Å². The van der Waals surface area contributed by atoms with Crippen LogP contribution in [0.5, 0.6) is 5.75 Å². The molecule has 0 amide bonds. The standard InChI is InChI=1S/C15H15N3O5/c16-7-1-3-9-22-14-6-5-12(11-13(14)18(20)21)15(19)23-10-4-2-8-17/h5-6,11H,1-4,9-10H2. The Balaban J connectivity index is 2.75. The van der Waals surface area contributed by atoms with Crippen molar-refractivity contribution >= 4 is 11.7 Å². The Kier molecular flexibility index (Phi) is 7.59. The number of nitrogens with zero attached hydrogens (tertiary/aromatic N) is 3. The second-order valence-corrected chi connectivity index (χ2v) is 4.45. The molecular formula is C15H15N3O5. The molecule has 23 heavy (non-hydrogen) atoms. The molecule has 0 unspecified atom stereocenters. The maximum absolute atomic E-state index is 11.8. The zero-order valence-electron chi connectivity index (χ0n) is 12.4. The lowest BCUT2D eigenvalue weighted by molar-refractivity contribution is -0.385. The predicted octanol–water partition coefficient (Wildman–Crippen LogP) is 2.74. The van der Waals surface area contributed by atoms with Gasteiger partial charge in [0.25, 0.3) is 0 Å². The molecule has 0 saturated heterocycles. The Morgan fingerprint density at radius 3 is 2.43 bits per heavy atom. The van der Waals surface area contributed by atoms with E-state index in [9.17, 15) is 14.9 Å². The first kappa shape index (κ1) is 17.9. The largest absolute Gasteiger partial charge is 0.487 e. The minimum Gasteiger partial charge on any atom is -0.487 e. The van der Waals surface area contributed by atoms with Crippen LogP contribution in [0.2, 0.25) is 0 Å². The maximum Gasteiger partial charge on any atom is 0.338 e. The summed E-state index contributed by atoms with van der Waals surface area (Å²) in [4.78, 5) is 22.2. The van der Waals surface area contributed by atoms with Crippen LogP contribution in [-0.2, 0) is 4.74 Å². The molecule has 120 valence electrons. The van der Waals surface area contributed by atoms with Crippen LogP contribution in [0.3, 0.4) is 0 Å². The molecule has 0 spiro atoms. The summed E-state index contributed by atoms with van der Waals surface area (Å²) in [5.41, 5.74) is -0.300. The van der Waals surface area contributed by atoms with E-state index in [0.29, 0.717) is 19.3 Å². The molecule has 1 rings (SSSR count). The van der Waals surface area contributed by atoms with Gasteiger partial charge in [-0.15, -0.1) is 0 Å². The number of esters is 1. The fourth-order valence-electron chi connectivity index (χ4n) is 1.64. The quantitative estimate of drug-likeness (QED) is 0.296. The highest BCUT2D eigenvalue weighted by molar-refractivity contribution is 5.90. The third-order valence-electron chi connectivity index (χ3n) is 2.75. The van der Waals surface area contributed by atoms with Crippen LogP contribution in [-0.4, -0.2) is 24.1 Å². The summed E-state index contributed by atoms with van der Waals surface area (Å²) >= 11 is 0. The van der Waals surface area contributed by atoms with Gasteiger partial charge in [-0.25, -0.2) is 4.79 Å². The molecule has 0 radical (unpaired) electrons. The van der Waals surface area contributed by atoms with E-state index in [1.165, 1.54) is 12.1 Å². The van der Waals surface area contributed by atoms with E-state index in [2.05, 4.69) is 0 Å².